The first-order chi connectivity index (χ1) is 9.07. The molecule has 0 aliphatic carbocycles. The lowest BCUT2D eigenvalue weighted by atomic mass is 10.0. The lowest BCUT2D eigenvalue weighted by molar-refractivity contribution is -0.283. The molecule has 2 nitrogen and oxygen atoms in total. The lowest BCUT2D eigenvalue weighted by Crippen LogP contribution is -2.40. The number of benzene rings is 1. The molecule has 0 bridgehead atoms. The van der Waals surface area contributed by atoms with Crippen LogP contribution in [0.15, 0.2) is 12.1 Å². The van der Waals surface area contributed by atoms with E-state index in [1.54, 1.807) is 0 Å². The van der Waals surface area contributed by atoms with Crippen LogP contribution in [0.1, 0.15) is 10.9 Å². The first-order valence-corrected chi connectivity index (χ1v) is 5.88. The monoisotopic (exact) mass is 338 g/mol. The second kappa shape index (κ2) is 5.81. The average molecular weight is 339 g/mol. The number of halogens is 7. The standard InChI is InChI=1S/C11H9Cl2F5O2/c1-19-6-4-3-5(8(20-2)7(6)12)9(13)10(14,15)11(16,17)18/h3-4,9H,1-2H3. The maximum Gasteiger partial charge on any atom is 0.455 e. The van der Waals surface area contributed by atoms with Gasteiger partial charge in [-0.3, -0.25) is 0 Å². The van der Waals surface area contributed by atoms with E-state index in [1.807, 2.05) is 0 Å². The van der Waals surface area contributed by atoms with Crippen LogP contribution in [0.4, 0.5) is 22.0 Å². The van der Waals surface area contributed by atoms with Crippen molar-refractivity contribution in [3.05, 3.63) is 22.7 Å². The van der Waals surface area contributed by atoms with Crippen molar-refractivity contribution in [3.63, 3.8) is 0 Å². The van der Waals surface area contributed by atoms with Crippen molar-refractivity contribution in [2.75, 3.05) is 14.2 Å². The molecular formula is C11H9Cl2F5O2. The molecule has 1 unspecified atom stereocenters. The molecule has 1 atom stereocenters. The maximum atomic E-state index is 13.3. The van der Waals surface area contributed by atoms with Crippen molar-refractivity contribution in [3.8, 4) is 11.5 Å². The highest BCUT2D eigenvalue weighted by Gasteiger charge is 2.63. The molecule has 0 aliphatic heterocycles. The summed E-state index contributed by atoms with van der Waals surface area (Å²) >= 11 is 11.1. The summed E-state index contributed by atoms with van der Waals surface area (Å²) in [5, 5.41) is -2.92. The number of hydrogen-bond donors (Lipinski definition) is 0. The van der Waals surface area contributed by atoms with E-state index in [4.69, 9.17) is 32.7 Å². The zero-order valence-electron chi connectivity index (χ0n) is 10.2. The molecule has 0 aliphatic rings. The summed E-state index contributed by atoms with van der Waals surface area (Å²) in [5.74, 6) is -5.47. The van der Waals surface area contributed by atoms with E-state index < -0.39 is 28.8 Å². The Kier molecular flexibility index (Phi) is 4.97. The van der Waals surface area contributed by atoms with Crippen molar-refractivity contribution < 1.29 is 31.4 Å². The third-order valence-corrected chi connectivity index (χ3v) is 3.35. The first kappa shape index (κ1) is 17.1. The molecule has 9 heteroatoms. The van der Waals surface area contributed by atoms with E-state index in [0.29, 0.717) is 0 Å². The molecule has 0 spiro atoms. The Bertz CT molecular complexity index is 490. The second-order valence-corrected chi connectivity index (χ2v) is 4.50. The maximum absolute atomic E-state index is 13.3. The Morgan fingerprint density at radius 2 is 1.60 bits per heavy atom. The molecule has 0 radical (unpaired) electrons. The molecule has 0 saturated carbocycles. The summed E-state index contributed by atoms with van der Waals surface area (Å²) in [6.45, 7) is 0. The molecule has 0 N–H and O–H groups in total. The van der Waals surface area contributed by atoms with E-state index in [0.717, 1.165) is 19.2 Å². The highest BCUT2D eigenvalue weighted by atomic mass is 35.5. The van der Waals surface area contributed by atoms with Gasteiger partial charge in [0.2, 0.25) is 0 Å². The van der Waals surface area contributed by atoms with Crippen LogP contribution in [-0.2, 0) is 0 Å². The molecule has 1 aromatic carbocycles. The van der Waals surface area contributed by atoms with Gasteiger partial charge in [-0.15, -0.1) is 11.6 Å². The smallest absolute Gasteiger partial charge is 0.455 e. The van der Waals surface area contributed by atoms with E-state index in [1.165, 1.54) is 7.11 Å². The molecule has 0 fully saturated rings. The van der Waals surface area contributed by atoms with Crippen LogP contribution in [0.2, 0.25) is 5.02 Å². The van der Waals surface area contributed by atoms with Crippen LogP contribution in [0, 0.1) is 0 Å². The summed E-state index contributed by atoms with van der Waals surface area (Å²) < 4.78 is 73.0. The second-order valence-electron chi connectivity index (χ2n) is 3.69. The fraction of sp³-hybridized carbons (Fsp3) is 0.455. The summed E-state index contributed by atoms with van der Waals surface area (Å²) in [6.07, 6.45) is -5.79. The molecular weight excluding hydrogens is 330 g/mol. The lowest BCUT2D eigenvalue weighted by Gasteiger charge is -2.26. The topological polar surface area (TPSA) is 18.5 Å². The highest BCUT2D eigenvalue weighted by molar-refractivity contribution is 6.34. The SMILES string of the molecule is COc1ccc(C(Cl)C(F)(F)C(F)(F)F)c(OC)c1Cl. The van der Waals surface area contributed by atoms with Crippen LogP contribution in [0.5, 0.6) is 11.5 Å². The van der Waals surface area contributed by atoms with Gasteiger partial charge < -0.3 is 9.47 Å². The van der Waals surface area contributed by atoms with Gasteiger partial charge in [-0.05, 0) is 12.1 Å². The van der Waals surface area contributed by atoms with Crippen molar-refractivity contribution >= 4 is 23.2 Å². The molecule has 0 amide bonds. The zero-order valence-corrected chi connectivity index (χ0v) is 11.7. The Balaban J connectivity index is 3.37. The van der Waals surface area contributed by atoms with E-state index in [9.17, 15) is 22.0 Å². The molecule has 1 rings (SSSR count). The number of ether oxygens (including phenoxy) is 2. The minimum atomic E-state index is -5.79. The van der Waals surface area contributed by atoms with E-state index >= 15 is 0 Å². The van der Waals surface area contributed by atoms with Crippen molar-refractivity contribution in [1.82, 2.24) is 0 Å². The number of rotatable bonds is 4. The molecule has 0 aromatic heterocycles. The number of alkyl halides is 6. The van der Waals surface area contributed by atoms with Crippen LogP contribution >= 0.6 is 23.2 Å². The van der Waals surface area contributed by atoms with Gasteiger partial charge in [0.15, 0.2) is 0 Å². The summed E-state index contributed by atoms with van der Waals surface area (Å²) in [4.78, 5) is 0. The summed E-state index contributed by atoms with van der Waals surface area (Å²) in [7, 11) is 2.32. The minimum absolute atomic E-state index is 0.0615. The molecule has 20 heavy (non-hydrogen) atoms. The molecule has 114 valence electrons. The van der Waals surface area contributed by atoms with Crippen molar-refractivity contribution in [2.45, 2.75) is 17.5 Å². The number of methoxy groups -OCH3 is 2. The van der Waals surface area contributed by atoms with Gasteiger partial charge in [0.25, 0.3) is 0 Å². The van der Waals surface area contributed by atoms with Crippen LogP contribution in [0.3, 0.4) is 0 Å². The van der Waals surface area contributed by atoms with Gasteiger partial charge in [-0.2, -0.15) is 22.0 Å². The van der Waals surface area contributed by atoms with E-state index in [2.05, 4.69) is 0 Å². The Morgan fingerprint density at radius 3 is 2.00 bits per heavy atom. The van der Waals surface area contributed by atoms with Gasteiger partial charge in [0, 0.05) is 5.56 Å². The van der Waals surface area contributed by atoms with Crippen LogP contribution in [-0.4, -0.2) is 26.3 Å². The van der Waals surface area contributed by atoms with Crippen LogP contribution in [0.25, 0.3) is 0 Å². The molecule has 1 aromatic rings. The highest BCUT2D eigenvalue weighted by Crippen LogP contribution is 2.51. The largest absolute Gasteiger partial charge is 0.495 e. The Morgan fingerprint density at radius 1 is 1.05 bits per heavy atom. The van der Waals surface area contributed by atoms with E-state index in [-0.39, 0.29) is 10.8 Å². The normalized spacial score (nSPS) is 14.1. The third kappa shape index (κ3) is 2.88. The predicted octanol–water partition coefficient (Wildman–Crippen LogP) is 4.83. The Labute approximate surface area is 121 Å². The van der Waals surface area contributed by atoms with Gasteiger partial charge in [-0.1, -0.05) is 11.6 Å². The number of hydrogen-bond acceptors (Lipinski definition) is 2. The fourth-order valence-corrected chi connectivity index (χ4v) is 2.08. The van der Waals surface area contributed by atoms with Gasteiger partial charge in [0.1, 0.15) is 21.9 Å². The Hall–Kier alpha value is -0.950. The predicted molar refractivity (Wildman–Crippen MR) is 64.2 cm³/mol. The minimum Gasteiger partial charge on any atom is -0.495 e. The zero-order chi connectivity index (χ0) is 15.7. The molecule has 0 heterocycles. The van der Waals surface area contributed by atoms with Crippen LogP contribution < -0.4 is 9.47 Å². The van der Waals surface area contributed by atoms with Gasteiger partial charge >= 0.3 is 12.1 Å². The average Bonchev–Trinajstić information content (AvgIpc) is 2.36. The van der Waals surface area contributed by atoms with Crippen molar-refractivity contribution in [1.29, 1.82) is 0 Å². The third-order valence-electron chi connectivity index (χ3n) is 2.49. The molecule has 0 saturated heterocycles. The van der Waals surface area contributed by atoms with Gasteiger partial charge in [0.05, 0.1) is 14.2 Å². The summed E-state index contributed by atoms with van der Waals surface area (Å²) in [6, 6.07) is 2.07. The van der Waals surface area contributed by atoms with Gasteiger partial charge in [-0.25, -0.2) is 0 Å². The fourth-order valence-electron chi connectivity index (χ4n) is 1.46. The quantitative estimate of drug-likeness (QED) is 0.578. The van der Waals surface area contributed by atoms with Crippen molar-refractivity contribution in [2.24, 2.45) is 0 Å². The summed E-state index contributed by atoms with van der Waals surface area (Å²) in [5.41, 5.74) is -0.581. The first-order valence-electron chi connectivity index (χ1n) is 5.06.